The molecule has 98 valence electrons. The summed E-state index contributed by atoms with van der Waals surface area (Å²) in [6.07, 6.45) is 0. The van der Waals surface area contributed by atoms with Gasteiger partial charge in [-0.2, -0.15) is 0 Å². The van der Waals surface area contributed by atoms with Crippen molar-refractivity contribution in [3.05, 3.63) is 35.4 Å². The van der Waals surface area contributed by atoms with E-state index in [1.54, 1.807) is 7.05 Å². The average molecular weight is 247 g/mol. The fourth-order valence-corrected chi connectivity index (χ4v) is 2.40. The molecule has 2 rings (SSSR count). The minimum atomic E-state index is -0.0244. The SMILES string of the molecule is CNC(=O)c1cccc([C@H]2CN(C)CCN2C)c1. The molecule has 1 aliphatic heterocycles. The molecule has 1 aromatic carbocycles. The Morgan fingerprint density at radius 2 is 2.11 bits per heavy atom. The lowest BCUT2D eigenvalue weighted by Gasteiger charge is -2.38. The molecule has 0 aliphatic carbocycles. The monoisotopic (exact) mass is 247 g/mol. The van der Waals surface area contributed by atoms with Crippen LogP contribution in [-0.2, 0) is 0 Å². The van der Waals surface area contributed by atoms with Crippen LogP contribution in [0.2, 0.25) is 0 Å². The molecule has 1 heterocycles. The average Bonchev–Trinajstić information content (AvgIpc) is 2.40. The van der Waals surface area contributed by atoms with Crippen molar-refractivity contribution in [2.75, 3.05) is 40.8 Å². The lowest BCUT2D eigenvalue weighted by molar-refractivity contribution is 0.0961. The molecule has 0 aromatic heterocycles. The van der Waals surface area contributed by atoms with E-state index in [4.69, 9.17) is 0 Å². The van der Waals surface area contributed by atoms with Crippen LogP contribution in [0.4, 0.5) is 0 Å². The maximum Gasteiger partial charge on any atom is 0.251 e. The highest BCUT2D eigenvalue weighted by atomic mass is 16.1. The lowest BCUT2D eigenvalue weighted by atomic mass is 10.0. The van der Waals surface area contributed by atoms with Crippen molar-refractivity contribution in [2.45, 2.75) is 6.04 Å². The standard InChI is InChI=1S/C14H21N3O/c1-15-14(18)12-6-4-5-11(9-12)13-10-16(2)7-8-17(13)3/h4-6,9,13H,7-8,10H2,1-3H3,(H,15,18)/t13-/m1/s1. The van der Waals surface area contributed by atoms with Crippen molar-refractivity contribution in [1.82, 2.24) is 15.1 Å². The summed E-state index contributed by atoms with van der Waals surface area (Å²) in [5.41, 5.74) is 1.95. The molecule has 0 saturated carbocycles. The number of nitrogens with one attached hydrogen (secondary N) is 1. The Labute approximate surface area is 109 Å². The van der Waals surface area contributed by atoms with Gasteiger partial charge in [-0.15, -0.1) is 0 Å². The number of hydrogen-bond donors (Lipinski definition) is 1. The topological polar surface area (TPSA) is 35.6 Å². The molecule has 1 saturated heterocycles. The van der Waals surface area contributed by atoms with Crippen molar-refractivity contribution < 1.29 is 4.79 Å². The Morgan fingerprint density at radius 3 is 2.83 bits per heavy atom. The van der Waals surface area contributed by atoms with E-state index in [0.717, 1.165) is 25.2 Å². The number of likely N-dealkylation sites (N-methyl/N-ethyl adjacent to an activating group) is 2. The van der Waals surface area contributed by atoms with Gasteiger partial charge in [0.15, 0.2) is 0 Å². The Kier molecular flexibility index (Phi) is 3.99. The Morgan fingerprint density at radius 1 is 1.33 bits per heavy atom. The fraction of sp³-hybridized carbons (Fsp3) is 0.500. The number of carbonyl (C=O) groups excluding carboxylic acids is 1. The van der Waals surface area contributed by atoms with Gasteiger partial charge >= 0.3 is 0 Å². The van der Waals surface area contributed by atoms with Crippen molar-refractivity contribution >= 4 is 5.91 Å². The van der Waals surface area contributed by atoms with Gasteiger partial charge in [0, 0.05) is 38.3 Å². The predicted octanol–water partition coefficient (Wildman–Crippen LogP) is 0.964. The van der Waals surface area contributed by atoms with E-state index in [2.05, 4.69) is 35.3 Å². The van der Waals surface area contributed by atoms with E-state index in [9.17, 15) is 4.79 Å². The Hall–Kier alpha value is -1.39. The molecule has 0 radical (unpaired) electrons. The second kappa shape index (κ2) is 5.50. The quantitative estimate of drug-likeness (QED) is 0.845. The fourth-order valence-electron chi connectivity index (χ4n) is 2.40. The normalized spacial score (nSPS) is 21.8. The van der Waals surface area contributed by atoms with Crippen LogP contribution in [0.5, 0.6) is 0 Å². The summed E-state index contributed by atoms with van der Waals surface area (Å²) in [6.45, 7) is 3.17. The smallest absolute Gasteiger partial charge is 0.251 e. The zero-order chi connectivity index (χ0) is 13.1. The third-order valence-electron chi connectivity index (χ3n) is 3.61. The van der Waals surface area contributed by atoms with Gasteiger partial charge in [-0.25, -0.2) is 0 Å². The molecular formula is C14H21N3O. The van der Waals surface area contributed by atoms with Crippen LogP contribution >= 0.6 is 0 Å². The molecule has 1 fully saturated rings. The maximum atomic E-state index is 11.7. The lowest BCUT2D eigenvalue weighted by Crippen LogP contribution is -2.44. The van der Waals surface area contributed by atoms with Crippen molar-refractivity contribution in [3.8, 4) is 0 Å². The van der Waals surface area contributed by atoms with Crippen LogP contribution < -0.4 is 5.32 Å². The minimum absolute atomic E-state index is 0.0244. The number of carbonyl (C=O) groups is 1. The highest BCUT2D eigenvalue weighted by Gasteiger charge is 2.23. The van der Waals surface area contributed by atoms with E-state index in [0.29, 0.717) is 6.04 Å². The van der Waals surface area contributed by atoms with E-state index in [-0.39, 0.29) is 5.91 Å². The van der Waals surface area contributed by atoms with Gasteiger partial charge in [0.25, 0.3) is 5.91 Å². The minimum Gasteiger partial charge on any atom is -0.355 e. The second-order valence-corrected chi connectivity index (χ2v) is 4.96. The number of amides is 1. The molecule has 1 N–H and O–H groups in total. The van der Waals surface area contributed by atoms with Crippen molar-refractivity contribution in [3.63, 3.8) is 0 Å². The molecule has 0 unspecified atom stereocenters. The number of piperazine rings is 1. The summed E-state index contributed by atoms with van der Waals surface area (Å²) in [7, 11) is 5.95. The van der Waals surface area contributed by atoms with Gasteiger partial charge in [-0.1, -0.05) is 12.1 Å². The summed E-state index contributed by atoms with van der Waals surface area (Å²) >= 11 is 0. The zero-order valence-corrected chi connectivity index (χ0v) is 11.3. The van der Waals surface area contributed by atoms with Crippen molar-refractivity contribution in [1.29, 1.82) is 0 Å². The zero-order valence-electron chi connectivity index (χ0n) is 11.3. The number of hydrogen-bond acceptors (Lipinski definition) is 3. The van der Waals surface area contributed by atoms with E-state index < -0.39 is 0 Å². The first-order chi connectivity index (χ1) is 8.61. The van der Waals surface area contributed by atoms with Gasteiger partial charge in [0.2, 0.25) is 0 Å². The first-order valence-corrected chi connectivity index (χ1v) is 6.32. The molecule has 1 amide bonds. The van der Waals surface area contributed by atoms with Crippen LogP contribution in [0.25, 0.3) is 0 Å². The van der Waals surface area contributed by atoms with Gasteiger partial charge in [0.1, 0.15) is 0 Å². The largest absolute Gasteiger partial charge is 0.355 e. The molecule has 1 aromatic rings. The van der Waals surface area contributed by atoms with Gasteiger partial charge in [0.05, 0.1) is 0 Å². The molecule has 1 aliphatic rings. The van der Waals surface area contributed by atoms with Gasteiger partial charge in [-0.3, -0.25) is 9.69 Å². The summed E-state index contributed by atoms with van der Waals surface area (Å²) in [6, 6.07) is 8.29. The van der Waals surface area contributed by atoms with Gasteiger partial charge < -0.3 is 10.2 Å². The summed E-state index contributed by atoms with van der Waals surface area (Å²) in [4.78, 5) is 16.3. The third kappa shape index (κ3) is 2.71. The van der Waals surface area contributed by atoms with Crippen LogP contribution in [0.1, 0.15) is 22.0 Å². The first-order valence-electron chi connectivity index (χ1n) is 6.32. The van der Waals surface area contributed by atoms with Crippen LogP contribution in [0.15, 0.2) is 24.3 Å². The first kappa shape index (κ1) is 13.1. The highest BCUT2D eigenvalue weighted by Crippen LogP contribution is 2.24. The Bertz CT molecular complexity index is 433. The van der Waals surface area contributed by atoms with Crippen LogP contribution in [-0.4, -0.2) is 56.5 Å². The molecular weight excluding hydrogens is 226 g/mol. The van der Waals surface area contributed by atoms with E-state index >= 15 is 0 Å². The van der Waals surface area contributed by atoms with E-state index in [1.807, 2.05) is 18.2 Å². The summed E-state index contributed by atoms with van der Waals surface area (Å²) in [5, 5.41) is 2.67. The Balaban J connectivity index is 2.24. The number of rotatable bonds is 2. The number of benzene rings is 1. The second-order valence-electron chi connectivity index (χ2n) is 4.96. The van der Waals surface area contributed by atoms with Crippen LogP contribution in [0.3, 0.4) is 0 Å². The molecule has 1 atom stereocenters. The maximum absolute atomic E-state index is 11.7. The molecule has 0 bridgehead atoms. The number of nitrogens with zero attached hydrogens (tertiary/aromatic N) is 2. The predicted molar refractivity (Wildman–Crippen MR) is 72.7 cm³/mol. The summed E-state index contributed by atoms with van der Waals surface area (Å²) in [5.74, 6) is -0.0244. The summed E-state index contributed by atoms with van der Waals surface area (Å²) < 4.78 is 0. The highest BCUT2D eigenvalue weighted by molar-refractivity contribution is 5.94. The van der Waals surface area contributed by atoms with Crippen LogP contribution in [0, 0.1) is 0 Å². The molecule has 4 heteroatoms. The molecule has 4 nitrogen and oxygen atoms in total. The molecule has 18 heavy (non-hydrogen) atoms. The third-order valence-corrected chi connectivity index (χ3v) is 3.61. The van der Waals surface area contributed by atoms with Gasteiger partial charge in [-0.05, 0) is 31.8 Å². The van der Waals surface area contributed by atoms with E-state index in [1.165, 1.54) is 5.56 Å². The molecule has 0 spiro atoms. The van der Waals surface area contributed by atoms with Crippen molar-refractivity contribution in [2.24, 2.45) is 0 Å².